The fourth-order valence-corrected chi connectivity index (χ4v) is 2.95. The molecular formula is C15H14N2OS. The molecule has 0 fully saturated rings. The SMILES string of the molecule is Cc1cccc(C)c1NC(=O)c1cc2sccc2[nH]1. The predicted molar refractivity (Wildman–Crippen MR) is 80.0 cm³/mol. The number of aryl methyl sites for hydroxylation is 2. The molecule has 96 valence electrons. The highest BCUT2D eigenvalue weighted by atomic mass is 32.1. The second-order valence-electron chi connectivity index (χ2n) is 4.60. The highest BCUT2D eigenvalue weighted by Crippen LogP contribution is 2.23. The molecule has 0 saturated heterocycles. The molecule has 0 radical (unpaired) electrons. The van der Waals surface area contributed by atoms with Gasteiger partial charge in [-0.1, -0.05) is 18.2 Å². The van der Waals surface area contributed by atoms with Gasteiger partial charge < -0.3 is 10.3 Å². The van der Waals surface area contributed by atoms with E-state index >= 15 is 0 Å². The molecule has 2 aromatic heterocycles. The Morgan fingerprint density at radius 3 is 2.63 bits per heavy atom. The average molecular weight is 270 g/mol. The van der Waals surface area contributed by atoms with Gasteiger partial charge in [0.1, 0.15) is 5.69 Å². The summed E-state index contributed by atoms with van der Waals surface area (Å²) in [5.74, 6) is -0.0965. The molecule has 2 heterocycles. The van der Waals surface area contributed by atoms with Gasteiger partial charge in [-0.05, 0) is 42.5 Å². The number of carbonyl (C=O) groups is 1. The maximum Gasteiger partial charge on any atom is 0.272 e. The van der Waals surface area contributed by atoms with E-state index in [1.807, 2.05) is 49.6 Å². The van der Waals surface area contributed by atoms with Crippen LogP contribution in [0.3, 0.4) is 0 Å². The molecule has 3 nitrogen and oxygen atoms in total. The number of H-pyrrole nitrogens is 1. The van der Waals surface area contributed by atoms with Gasteiger partial charge in [0.2, 0.25) is 0 Å². The number of anilines is 1. The van der Waals surface area contributed by atoms with Crippen molar-refractivity contribution in [2.75, 3.05) is 5.32 Å². The van der Waals surface area contributed by atoms with Crippen molar-refractivity contribution in [2.24, 2.45) is 0 Å². The summed E-state index contributed by atoms with van der Waals surface area (Å²) in [7, 11) is 0. The number of fused-ring (bicyclic) bond motifs is 1. The first-order chi connectivity index (χ1) is 9.15. The lowest BCUT2D eigenvalue weighted by atomic mass is 10.1. The third-order valence-corrected chi connectivity index (χ3v) is 4.07. The second-order valence-corrected chi connectivity index (χ2v) is 5.55. The molecule has 19 heavy (non-hydrogen) atoms. The number of benzene rings is 1. The number of nitrogens with one attached hydrogen (secondary N) is 2. The molecule has 2 N–H and O–H groups in total. The summed E-state index contributed by atoms with van der Waals surface area (Å²) in [6.07, 6.45) is 0. The minimum Gasteiger partial charge on any atom is -0.350 e. The van der Waals surface area contributed by atoms with Crippen LogP contribution in [0.5, 0.6) is 0 Å². The van der Waals surface area contributed by atoms with Crippen LogP contribution in [-0.2, 0) is 0 Å². The van der Waals surface area contributed by atoms with Crippen molar-refractivity contribution >= 4 is 33.1 Å². The standard InChI is InChI=1S/C15H14N2OS/c1-9-4-3-5-10(2)14(9)17-15(18)12-8-13-11(16-12)6-7-19-13/h3-8,16H,1-2H3,(H,17,18). The summed E-state index contributed by atoms with van der Waals surface area (Å²) >= 11 is 1.63. The maximum absolute atomic E-state index is 12.2. The molecule has 0 saturated carbocycles. The number of hydrogen-bond donors (Lipinski definition) is 2. The van der Waals surface area contributed by atoms with Crippen LogP contribution in [0, 0.1) is 13.8 Å². The number of carbonyl (C=O) groups excluding carboxylic acids is 1. The van der Waals surface area contributed by atoms with Crippen molar-refractivity contribution in [3.8, 4) is 0 Å². The van der Waals surface area contributed by atoms with Crippen LogP contribution in [0.4, 0.5) is 5.69 Å². The topological polar surface area (TPSA) is 44.9 Å². The van der Waals surface area contributed by atoms with E-state index < -0.39 is 0 Å². The highest BCUT2D eigenvalue weighted by molar-refractivity contribution is 7.17. The average Bonchev–Trinajstić information content (AvgIpc) is 2.94. The molecule has 0 atom stereocenters. The molecule has 0 aliphatic heterocycles. The maximum atomic E-state index is 12.2. The van der Waals surface area contributed by atoms with E-state index in [2.05, 4.69) is 10.3 Å². The number of hydrogen-bond acceptors (Lipinski definition) is 2. The molecule has 0 spiro atoms. The van der Waals surface area contributed by atoms with Crippen LogP contribution in [-0.4, -0.2) is 10.9 Å². The molecule has 0 unspecified atom stereocenters. The van der Waals surface area contributed by atoms with E-state index in [9.17, 15) is 4.79 Å². The third-order valence-electron chi connectivity index (χ3n) is 3.20. The Hall–Kier alpha value is -2.07. The van der Waals surface area contributed by atoms with Crippen molar-refractivity contribution in [1.82, 2.24) is 4.98 Å². The quantitative estimate of drug-likeness (QED) is 0.723. The van der Waals surface area contributed by atoms with Gasteiger partial charge in [-0.3, -0.25) is 4.79 Å². The van der Waals surface area contributed by atoms with Gasteiger partial charge in [0.05, 0.1) is 10.2 Å². The predicted octanol–water partition coefficient (Wildman–Crippen LogP) is 4.10. The first-order valence-corrected chi connectivity index (χ1v) is 6.97. The molecule has 0 bridgehead atoms. The van der Waals surface area contributed by atoms with Crippen LogP contribution in [0.15, 0.2) is 35.7 Å². The van der Waals surface area contributed by atoms with E-state index in [1.54, 1.807) is 11.3 Å². The Bertz CT molecular complexity index is 706. The van der Waals surface area contributed by atoms with Crippen LogP contribution in [0.2, 0.25) is 0 Å². The molecule has 1 aromatic carbocycles. The van der Waals surface area contributed by atoms with E-state index in [4.69, 9.17) is 0 Å². The fourth-order valence-electron chi connectivity index (χ4n) is 2.16. The Balaban J connectivity index is 1.91. The van der Waals surface area contributed by atoms with Gasteiger partial charge in [-0.15, -0.1) is 11.3 Å². The van der Waals surface area contributed by atoms with Crippen molar-refractivity contribution in [2.45, 2.75) is 13.8 Å². The van der Waals surface area contributed by atoms with E-state index in [0.717, 1.165) is 27.0 Å². The summed E-state index contributed by atoms with van der Waals surface area (Å²) in [5.41, 5.74) is 4.65. The van der Waals surface area contributed by atoms with Gasteiger partial charge >= 0.3 is 0 Å². The molecule has 3 aromatic rings. The van der Waals surface area contributed by atoms with Crippen LogP contribution in [0.25, 0.3) is 10.2 Å². The van der Waals surface area contributed by atoms with Gasteiger partial charge in [-0.2, -0.15) is 0 Å². The molecule has 1 amide bonds. The number of aromatic amines is 1. The van der Waals surface area contributed by atoms with E-state index in [1.165, 1.54) is 0 Å². The Morgan fingerprint density at radius 2 is 1.95 bits per heavy atom. The van der Waals surface area contributed by atoms with E-state index in [0.29, 0.717) is 5.69 Å². The van der Waals surface area contributed by atoms with Crippen molar-refractivity contribution in [3.63, 3.8) is 0 Å². The van der Waals surface area contributed by atoms with Crippen molar-refractivity contribution in [1.29, 1.82) is 0 Å². The molecule has 4 heteroatoms. The minimum atomic E-state index is -0.0965. The van der Waals surface area contributed by atoms with Gasteiger partial charge in [-0.25, -0.2) is 0 Å². The van der Waals surface area contributed by atoms with Crippen LogP contribution in [0.1, 0.15) is 21.6 Å². The fraction of sp³-hybridized carbons (Fsp3) is 0.133. The van der Waals surface area contributed by atoms with Crippen molar-refractivity contribution in [3.05, 3.63) is 52.5 Å². The molecule has 3 rings (SSSR count). The van der Waals surface area contributed by atoms with Crippen LogP contribution < -0.4 is 5.32 Å². The zero-order valence-corrected chi connectivity index (χ0v) is 11.6. The zero-order chi connectivity index (χ0) is 13.4. The first-order valence-electron chi connectivity index (χ1n) is 6.09. The Morgan fingerprint density at radius 1 is 1.21 bits per heavy atom. The monoisotopic (exact) mass is 270 g/mol. The zero-order valence-electron chi connectivity index (χ0n) is 10.8. The Kier molecular flexibility index (Phi) is 2.87. The lowest BCUT2D eigenvalue weighted by molar-refractivity contribution is 0.102. The second kappa shape index (κ2) is 4.55. The lowest BCUT2D eigenvalue weighted by Gasteiger charge is -2.10. The first kappa shape index (κ1) is 12.0. The number of amides is 1. The molecule has 0 aliphatic rings. The van der Waals surface area contributed by atoms with Crippen LogP contribution >= 0.6 is 11.3 Å². The number of aromatic nitrogens is 1. The van der Waals surface area contributed by atoms with E-state index in [-0.39, 0.29) is 5.91 Å². The molecular weight excluding hydrogens is 256 g/mol. The smallest absolute Gasteiger partial charge is 0.272 e. The lowest BCUT2D eigenvalue weighted by Crippen LogP contribution is -2.14. The Labute approximate surface area is 115 Å². The number of para-hydroxylation sites is 1. The summed E-state index contributed by atoms with van der Waals surface area (Å²) in [4.78, 5) is 15.4. The number of thiophene rings is 1. The normalized spacial score (nSPS) is 10.8. The summed E-state index contributed by atoms with van der Waals surface area (Å²) in [6, 6.07) is 9.86. The van der Waals surface area contributed by atoms with Gasteiger partial charge in [0.15, 0.2) is 0 Å². The largest absolute Gasteiger partial charge is 0.350 e. The minimum absolute atomic E-state index is 0.0965. The van der Waals surface area contributed by atoms with Gasteiger partial charge in [0, 0.05) is 5.69 Å². The summed E-state index contributed by atoms with van der Waals surface area (Å²) in [5, 5.41) is 4.99. The summed E-state index contributed by atoms with van der Waals surface area (Å²) < 4.78 is 1.10. The third kappa shape index (κ3) is 2.15. The number of rotatable bonds is 2. The summed E-state index contributed by atoms with van der Waals surface area (Å²) in [6.45, 7) is 3.99. The van der Waals surface area contributed by atoms with Crippen molar-refractivity contribution < 1.29 is 4.79 Å². The molecule has 0 aliphatic carbocycles. The highest BCUT2D eigenvalue weighted by Gasteiger charge is 2.12. The van der Waals surface area contributed by atoms with Gasteiger partial charge in [0.25, 0.3) is 5.91 Å².